The third-order valence-corrected chi connectivity index (χ3v) is 1.29. The molecule has 4 nitrogen and oxygen atoms in total. The molecular formula is C2H8MgO4S. The molecule has 0 aliphatic heterocycles. The van der Waals surface area contributed by atoms with Crippen molar-refractivity contribution in [3.63, 3.8) is 0 Å². The normalized spacial score (nSPS) is 14.4. The van der Waals surface area contributed by atoms with Gasteiger partial charge in [0.2, 0.25) is 0 Å². The second-order valence-corrected chi connectivity index (χ2v) is 2.83. The van der Waals surface area contributed by atoms with Crippen molar-refractivity contribution in [1.82, 2.24) is 0 Å². The van der Waals surface area contributed by atoms with Gasteiger partial charge < -0.3 is 7.96 Å². The largest absolute Gasteiger partial charge is 2.00 e. The molecule has 0 amide bonds. The molecule has 0 fully saturated rings. The standard InChI is InChI=1S/C2H6O4S.Mg.2H/c1-2(3)7(4,5)6;;;/h2-3H,1H3,(H,4,5,6);;;/q;+2;2*-1. The van der Waals surface area contributed by atoms with Gasteiger partial charge in [0.05, 0.1) is 0 Å². The maximum atomic E-state index is 9.64. The summed E-state index contributed by atoms with van der Waals surface area (Å²) in [6.45, 7) is 0.968. The fourth-order valence-corrected chi connectivity index (χ4v) is 0. The summed E-state index contributed by atoms with van der Waals surface area (Å²) in [7, 11) is -4.19. The average molecular weight is 152 g/mol. The molecule has 1 unspecified atom stereocenters. The number of rotatable bonds is 1. The molecule has 0 aromatic carbocycles. The Morgan fingerprint density at radius 2 is 1.75 bits per heavy atom. The molecule has 1 atom stereocenters. The van der Waals surface area contributed by atoms with Gasteiger partial charge in [-0.1, -0.05) is 0 Å². The second kappa shape index (κ2) is 3.62. The minimum absolute atomic E-state index is 0. The Morgan fingerprint density at radius 3 is 1.75 bits per heavy atom. The second-order valence-electron chi connectivity index (χ2n) is 1.11. The van der Waals surface area contributed by atoms with Crippen LogP contribution in [0, 0.1) is 0 Å². The number of hydrogen-bond donors (Lipinski definition) is 2. The molecular weight excluding hydrogens is 144 g/mol. The fraction of sp³-hybridized carbons (Fsp3) is 1.00. The van der Waals surface area contributed by atoms with Crippen LogP contribution >= 0.6 is 0 Å². The van der Waals surface area contributed by atoms with E-state index in [0.717, 1.165) is 6.92 Å². The zero-order valence-corrected chi connectivity index (χ0v) is 6.63. The molecule has 0 spiro atoms. The van der Waals surface area contributed by atoms with Crippen molar-refractivity contribution in [2.75, 3.05) is 0 Å². The maximum Gasteiger partial charge on any atom is 2.00 e. The summed E-state index contributed by atoms with van der Waals surface area (Å²) in [6, 6.07) is 0. The van der Waals surface area contributed by atoms with E-state index in [4.69, 9.17) is 9.66 Å². The molecule has 0 bridgehead atoms. The Morgan fingerprint density at radius 1 is 1.62 bits per heavy atom. The predicted octanol–water partition coefficient (Wildman–Crippen LogP) is -0.943. The summed E-state index contributed by atoms with van der Waals surface area (Å²) in [6.07, 6.45) is 0. The Labute approximate surface area is 66.8 Å². The first-order valence-corrected chi connectivity index (χ1v) is 3.09. The molecule has 0 heterocycles. The monoisotopic (exact) mass is 152 g/mol. The van der Waals surface area contributed by atoms with Crippen molar-refractivity contribution < 1.29 is 20.9 Å². The summed E-state index contributed by atoms with van der Waals surface area (Å²) in [5, 5.41) is 8.05. The summed E-state index contributed by atoms with van der Waals surface area (Å²) < 4.78 is 27.1. The van der Waals surface area contributed by atoms with Crippen molar-refractivity contribution in [1.29, 1.82) is 0 Å². The van der Waals surface area contributed by atoms with Crippen LogP contribution < -0.4 is 0 Å². The van der Waals surface area contributed by atoms with Crippen molar-refractivity contribution >= 4 is 33.2 Å². The Hall–Kier alpha value is 0.636. The van der Waals surface area contributed by atoms with Crippen molar-refractivity contribution in [2.45, 2.75) is 12.4 Å². The van der Waals surface area contributed by atoms with Crippen LogP contribution in [0.2, 0.25) is 0 Å². The Kier molecular flexibility index (Phi) is 5.18. The van der Waals surface area contributed by atoms with Gasteiger partial charge >= 0.3 is 23.1 Å². The first-order chi connectivity index (χ1) is 2.94. The summed E-state index contributed by atoms with van der Waals surface area (Å²) in [4.78, 5) is 0. The van der Waals surface area contributed by atoms with Crippen LogP contribution in [0.15, 0.2) is 0 Å². The SMILES string of the molecule is CC(O)S(=O)(=O)O.[H-].[H-].[Mg+2]. The quantitative estimate of drug-likeness (QED) is 0.376. The molecule has 48 valence electrons. The van der Waals surface area contributed by atoms with Crippen LogP contribution in [0.1, 0.15) is 9.78 Å². The molecule has 6 heteroatoms. The molecule has 0 saturated heterocycles. The van der Waals surface area contributed by atoms with Crippen molar-refractivity contribution in [3.8, 4) is 0 Å². The first kappa shape index (κ1) is 11.4. The smallest absolute Gasteiger partial charge is 1.00 e. The number of aliphatic hydroxyl groups is 1. The van der Waals surface area contributed by atoms with E-state index in [1.54, 1.807) is 0 Å². The van der Waals surface area contributed by atoms with Gasteiger partial charge in [0.15, 0.2) is 5.44 Å². The first-order valence-electron chi connectivity index (χ1n) is 1.59. The van der Waals surface area contributed by atoms with Gasteiger partial charge in [-0.3, -0.25) is 4.55 Å². The van der Waals surface area contributed by atoms with Crippen LogP contribution in [0.25, 0.3) is 0 Å². The van der Waals surface area contributed by atoms with E-state index in [9.17, 15) is 8.42 Å². The number of hydrogen-bond acceptors (Lipinski definition) is 3. The molecule has 0 saturated carbocycles. The molecule has 0 aliphatic rings. The Bertz CT molecular complexity index is 143. The molecule has 8 heavy (non-hydrogen) atoms. The minimum atomic E-state index is -4.19. The van der Waals surface area contributed by atoms with Gasteiger partial charge in [-0.2, -0.15) is 8.42 Å². The van der Waals surface area contributed by atoms with E-state index in [1.165, 1.54) is 0 Å². The predicted molar refractivity (Wildman–Crippen MR) is 31.2 cm³/mol. The summed E-state index contributed by atoms with van der Waals surface area (Å²) in [5.41, 5.74) is -1.67. The van der Waals surface area contributed by atoms with Gasteiger partial charge in [0.25, 0.3) is 10.1 Å². The van der Waals surface area contributed by atoms with E-state index < -0.39 is 15.6 Å². The minimum Gasteiger partial charge on any atom is -1.00 e. The van der Waals surface area contributed by atoms with Crippen LogP contribution in [-0.4, -0.2) is 46.6 Å². The van der Waals surface area contributed by atoms with Crippen LogP contribution in [0.5, 0.6) is 0 Å². The van der Waals surface area contributed by atoms with Gasteiger partial charge in [-0.15, -0.1) is 0 Å². The zero-order valence-electron chi connectivity index (χ0n) is 6.40. The maximum absolute atomic E-state index is 9.64. The van der Waals surface area contributed by atoms with Crippen LogP contribution in [-0.2, 0) is 10.1 Å². The van der Waals surface area contributed by atoms with E-state index in [-0.39, 0.29) is 25.9 Å². The van der Waals surface area contributed by atoms with Gasteiger partial charge in [0, 0.05) is 0 Å². The van der Waals surface area contributed by atoms with E-state index >= 15 is 0 Å². The fourth-order valence-electron chi connectivity index (χ4n) is 0. The Balaban J connectivity index is -0.0000000600. The van der Waals surface area contributed by atoms with Crippen LogP contribution in [0.4, 0.5) is 0 Å². The van der Waals surface area contributed by atoms with E-state index in [0.29, 0.717) is 0 Å². The third kappa shape index (κ3) is 4.79. The van der Waals surface area contributed by atoms with E-state index in [2.05, 4.69) is 0 Å². The zero-order chi connectivity index (χ0) is 6.08. The average Bonchev–Trinajstić information content (AvgIpc) is 1.31. The van der Waals surface area contributed by atoms with Crippen LogP contribution in [0.3, 0.4) is 0 Å². The topological polar surface area (TPSA) is 74.6 Å². The molecule has 0 aromatic heterocycles. The van der Waals surface area contributed by atoms with Gasteiger partial charge in [0.1, 0.15) is 0 Å². The molecule has 2 N–H and O–H groups in total. The molecule has 0 rings (SSSR count). The summed E-state index contributed by atoms with van der Waals surface area (Å²) in [5.74, 6) is 0. The molecule has 0 aliphatic carbocycles. The molecule has 0 radical (unpaired) electrons. The van der Waals surface area contributed by atoms with E-state index in [1.807, 2.05) is 0 Å². The third-order valence-electron chi connectivity index (χ3n) is 0.431. The van der Waals surface area contributed by atoms with Crippen molar-refractivity contribution in [3.05, 3.63) is 0 Å². The molecule has 0 aromatic rings. The van der Waals surface area contributed by atoms with Gasteiger partial charge in [-0.25, -0.2) is 0 Å². The summed E-state index contributed by atoms with van der Waals surface area (Å²) >= 11 is 0. The van der Waals surface area contributed by atoms with Crippen molar-refractivity contribution in [2.24, 2.45) is 0 Å². The van der Waals surface area contributed by atoms with Gasteiger partial charge in [-0.05, 0) is 6.92 Å². The number of aliphatic hydroxyl groups excluding tert-OH is 1.